The van der Waals surface area contributed by atoms with Gasteiger partial charge in [0, 0.05) is 37.1 Å². The summed E-state index contributed by atoms with van der Waals surface area (Å²) in [5, 5.41) is 11.5. The van der Waals surface area contributed by atoms with Crippen molar-refractivity contribution in [2.75, 3.05) is 6.54 Å². The summed E-state index contributed by atoms with van der Waals surface area (Å²) in [6.45, 7) is 1.42. The monoisotopic (exact) mass is 582 g/mol. The van der Waals surface area contributed by atoms with E-state index in [4.69, 9.17) is 4.74 Å². The van der Waals surface area contributed by atoms with Crippen LogP contribution in [0.1, 0.15) is 65.5 Å². The molecule has 5 atom stereocenters. The molecule has 1 unspecified atom stereocenters. The fourth-order valence-electron chi connectivity index (χ4n) is 5.90. The summed E-state index contributed by atoms with van der Waals surface area (Å²) >= 11 is 0. The summed E-state index contributed by atoms with van der Waals surface area (Å²) in [5.74, 6) is -1.46. The maximum absolute atomic E-state index is 13.8. The summed E-state index contributed by atoms with van der Waals surface area (Å²) < 4.78 is 101. The topological polar surface area (TPSA) is 56.5 Å². The number of hydrogen-bond acceptors (Lipinski definition) is 3. The van der Waals surface area contributed by atoms with Crippen molar-refractivity contribution in [1.29, 1.82) is 0 Å². The van der Waals surface area contributed by atoms with Gasteiger partial charge in [-0.15, -0.1) is 0 Å². The number of benzene rings is 2. The van der Waals surface area contributed by atoms with Crippen LogP contribution in [0.2, 0.25) is 0 Å². The minimum atomic E-state index is -5.01. The van der Waals surface area contributed by atoms with Gasteiger partial charge in [-0.3, -0.25) is 4.79 Å². The molecular formula is C29H25F7N2O3. The smallest absolute Gasteiger partial charge is 0.416 e. The van der Waals surface area contributed by atoms with E-state index in [0.29, 0.717) is 28.8 Å². The van der Waals surface area contributed by atoms with E-state index in [1.165, 1.54) is 43.6 Å². The third-order valence-corrected chi connectivity index (χ3v) is 7.87. The third-order valence-electron chi connectivity index (χ3n) is 7.87. The van der Waals surface area contributed by atoms with E-state index in [1.807, 2.05) is 0 Å². The van der Waals surface area contributed by atoms with Gasteiger partial charge in [0.1, 0.15) is 5.82 Å². The lowest BCUT2D eigenvalue weighted by atomic mass is 9.79. The molecule has 3 aromatic rings. The largest absolute Gasteiger partial charge is 0.619 e. The molecule has 0 radical (unpaired) electrons. The molecule has 3 heterocycles. The Balaban J connectivity index is 1.48. The molecule has 0 spiro atoms. The lowest BCUT2D eigenvalue weighted by Crippen LogP contribution is -2.43. The molecule has 0 aliphatic carbocycles. The number of fused-ring (bicyclic) bond motifs is 1. The van der Waals surface area contributed by atoms with Gasteiger partial charge in [-0.1, -0.05) is 12.1 Å². The van der Waals surface area contributed by atoms with Gasteiger partial charge in [-0.25, -0.2) is 4.39 Å². The fourth-order valence-corrected chi connectivity index (χ4v) is 5.90. The highest BCUT2D eigenvalue weighted by Crippen LogP contribution is 2.46. The Hall–Kier alpha value is -3.67. The van der Waals surface area contributed by atoms with Crippen molar-refractivity contribution < 1.29 is 45.0 Å². The quantitative estimate of drug-likeness (QED) is 0.196. The third kappa shape index (κ3) is 6.02. The summed E-state index contributed by atoms with van der Waals surface area (Å²) in [6, 6.07) is 9.71. The number of aromatic nitrogens is 1. The molecule has 0 saturated carbocycles. The molecule has 2 fully saturated rings. The van der Waals surface area contributed by atoms with Gasteiger partial charge in [0.15, 0.2) is 12.4 Å². The first kappa shape index (κ1) is 28.8. The van der Waals surface area contributed by atoms with Crippen LogP contribution in [0.3, 0.4) is 0 Å². The van der Waals surface area contributed by atoms with Gasteiger partial charge in [0.05, 0.1) is 23.3 Å². The fraction of sp³-hybridized carbons (Fsp3) is 0.379. The SMILES string of the molecule is C[C@@H](O[C@H]1CN2C(=O)CC(c3cc[n+]([O-])cc3)C[C@H]2[C@@H]1c1ccc(F)cc1)c1cc(C(F)(F)F)cc(C(F)(F)F)c1. The van der Waals surface area contributed by atoms with Gasteiger partial charge in [0.2, 0.25) is 5.91 Å². The van der Waals surface area contributed by atoms with Crippen molar-refractivity contribution in [3.63, 3.8) is 0 Å². The van der Waals surface area contributed by atoms with Crippen LogP contribution in [-0.4, -0.2) is 29.5 Å². The first-order valence-electron chi connectivity index (χ1n) is 12.9. The zero-order valence-corrected chi connectivity index (χ0v) is 21.6. The Kier molecular flexibility index (Phi) is 7.47. The Morgan fingerprint density at radius 3 is 2.07 bits per heavy atom. The van der Waals surface area contributed by atoms with E-state index >= 15 is 0 Å². The molecule has 2 aromatic carbocycles. The van der Waals surface area contributed by atoms with Gasteiger partial charge in [0.25, 0.3) is 0 Å². The predicted molar refractivity (Wildman–Crippen MR) is 132 cm³/mol. The summed E-state index contributed by atoms with van der Waals surface area (Å²) in [6.07, 6.45) is -8.74. The highest BCUT2D eigenvalue weighted by molar-refractivity contribution is 5.79. The number of piperidine rings is 1. The van der Waals surface area contributed by atoms with Crippen LogP contribution in [0.5, 0.6) is 0 Å². The van der Waals surface area contributed by atoms with Crippen molar-refractivity contribution in [2.45, 2.75) is 62.2 Å². The van der Waals surface area contributed by atoms with Crippen LogP contribution in [0.4, 0.5) is 30.7 Å². The lowest BCUT2D eigenvalue weighted by Gasteiger charge is -2.37. The van der Waals surface area contributed by atoms with E-state index in [2.05, 4.69) is 0 Å². The number of nitrogens with zero attached hydrogens (tertiary/aromatic N) is 2. The van der Waals surface area contributed by atoms with Crippen molar-refractivity contribution in [3.8, 4) is 0 Å². The summed E-state index contributed by atoms with van der Waals surface area (Å²) in [4.78, 5) is 14.9. The van der Waals surface area contributed by atoms with Gasteiger partial charge in [-0.2, -0.15) is 31.1 Å². The maximum atomic E-state index is 13.8. The minimum Gasteiger partial charge on any atom is -0.619 e. The van der Waals surface area contributed by atoms with Gasteiger partial charge in [-0.05, 0) is 66.3 Å². The Morgan fingerprint density at radius 1 is 0.927 bits per heavy atom. The molecule has 1 aromatic heterocycles. The highest BCUT2D eigenvalue weighted by Gasteiger charge is 2.49. The van der Waals surface area contributed by atoms with Crippen molar-refractivity contribution in [3.05, 3.63) is 106 Å². The highest BCUT2D eigenvalue weighted by atomic mass is 19.4. The average Bonchev–Trinajstić information content (AvgIpc) is 3.26. The first-order valence-corrected chi connectivity index (χ1v) is 12.9. The number of halogens is 7. The number of amides is 1. The standard InChI is InChI=1S/C29H25F7N2O3/c1-16(19-10-21(28(31,32)33)14-22(11-19)29(34,35)36)41-25-15-38-24(27(25)18-2-4-23(30)5-3-18)12-20(13-26(38)39)17-6-8-37(40)9-7-17/h2-11,14,16,20,24-25,27H,12-13,15H2,1H3/t16-,20?,24+,25+,27+/m1/s1. The van der Waals surface area contributed by atoms with Gasteiger partial charge < -0.3 is 14.8 Å². The van der Waals surface area contributed by atoms with Crippen LogP contribution < -0.4 is 4.73 Å². The second-order valence-electron chi connectivity index (χ2n) is 10.5. The molecule has 2 saturated heterocycles. The summed E-state index contributed by atoms with van der Waals surface area (Å²) in [5.41, 5.74) is -1.80. The van der Waals surface area contributed by atoms with Crippen LogP contribution in [0, 0.1) is 11.0 Å². The molecule has 0 bridgehead atoms. The lowest BCUT2D eigenvalue weighted by molar-refractivity contribution is -0.605. The average molecular weight is 583 g/mol. The van der Waals surface area contributed by atoms with E-state index < -0.39 is 53.5 Å². The zero-order chi connectivity index (χ0) is 29.7. The predicted octanol–water partition coefficient (Wildman–Crippen LogP) is 6.52. The molecule has 5 nitrogen and oxygen atoms in total. The van der Waals surface area contributed by atoms with E-state index in [0.717, 1.165) is 5.56 Å². The molecule has 2 aliphatic heterocycles. The van der Waals surface area contributed by atoms with Crippen molar-refractivity contribution >= 4 is 5.91 Å². The minimum absolute atomic E-state index is 0.0586. The molecule has 41 heavy (non-hydrogen) atoms. The molecule has 5 rings (SSSR count). The number of alkyl halides is 6. The zero-order valence-electron chi connectivity index (χ0n) is 21.6. The Bertz CT molecular complexity index is 1380. The van der Waals surface area contributed by atoms with Crippen LogP contribution >= 0.6 is 0 Å². The summed E-state index contributed by atoms with van der Waals surface area (Å²) in [7, 11) is 0. The molecule has 1 amide bonds. The van der Waals surface area contributed by atoms with Gasteiger partial charge >= 0.3 is 12.4 Å². The molecular weight excluding hydrogens is 557 g/mol. The van der Waals surface area contributed by atoms with E-state index in [1.54, 1.807) is 17.0 Å². The second-order valence-corrected chi connectivity index (χ2v) is 10.5. The number of hydrogen-bond donors (Lipinski definition) is 0. The Morgan fingerprint density at radius 2 is 1.51 bits per heavy atom. The number of carbonyl (C=O) groups is 1. The number of pyridine rings is 1. The number of rotatable bonds is 5. The molecule has 12 heteroatoms. The number of carbonyl (C=O) groups excluding carboxylic acids is 1. The van der Waals surface area contributed by atoms with E-state index in [-0.39, 0.29) is 36.4 Å². The van der Waals surface area contributed by atoms with Crippen molar-refractivity contribution in [1.82, 2.24) is 4.90 Å². The Labute approximate surface area is 230 Å². The molecule has 218 valence electrons. The number of ether oxygens (including phenoxy) is 1. The van der Waals surface area contributed by atoms with Crippen LogP contribution in [0.15, 0.2) is 67.0 Å². The van der Waals surface area contributed by atoms with Crippen LogP contribution in [0.25, 0.3) is 0 Å². The van der Waals surface area contributed by atoms with Crippen LogP contribution in [-0.2, 0) is 21.9 Å². The first-order chi connectivity index (χ1) is 19.2. The molecule has 2 aliphatic rings. The maximum Gasteiger partial charge on any atom is 0.416 e. The normalized spacial score (nSPS) is 23.9. The van der Waals surface area contributed by atoms with Crippen molar-refractivity contribution in [2.24, 2.45) is 0 Å². The van der Waals surface area contributed by atoms with E-state index in [9.17, 15) is 40.7 Å². The second kappa shape index (κ2) is 10.6. The molecule has 0 N–H and O–H groups in total.